The zero-order valence-corrected chi connectivity index (χ0v) is 11.5. The lowest BCUT2D eigenvalue weighted by Gasteiger charge is -2.06. The van der Waals surface area contributed by atoms with Gasteiger partial charge in [-0.2, -0.15) is 0 Å². The van der Waals surface area contributed by atoms with Gasteiger partial charge in [0.25, 0.3) is 0 Å². The zero-order chi connectivity index (χ0) is 12.3. The van der Waals surface area contributed by atoms with Gasteiger partial charge in [-0.05, 0) is 30.7 Å². The summed E-state index contributed by atoms with van der Waals surface area (Å²) in [6.07, 6.45) is 3.10. The maximum atomic E-state index is 5.62. The predicted molar refractivity (Wildman–Crippen MR) is 75.8 cm³/mol. The third-order valence-corrected chi connectivity index (χ3v) is 2.81. The van der Waals surface area contributed by atoms with Crippen LogP contribution in [0, 0.1) is 0 Å². The van der Waals surface area contributed by atoms with E-state index in [2.05, 4.69) is 58.4 Å². The molecule has 17 heavy (non-hydrogen) atoms. The fraction of sp³-hybridized carbons (Fsp3) is 0.286. The topological polar surface area (TPSA) is 14.2 Å². The summed E-state index contributed by atoms with van der Waals surface area (Å²) in [5.41, 5.74) is 1.20. The van der Waals surface area contributed by atoms with Crippen LogP contribution >= 0.6 is 15.9 Å². The number of nitrogens with zero attached hydrogens (tertiary/aromatic N) is 1. The van der Waals surface area contributed by atoms with E-state index >= 15 is 0 Å². The molecular formula is C14H16BrNO. The molecule has 0 radical (unpaired) electrons. The van der Waals surface area contributed by atoms with Gasteiger partial charge >= 0.3 is 0 Å². The normalized spacial score (nSPS) is 10.7. The van der Waals surface area contributed by atoms with Gasteiger partial charge in [0.2, 0.25) is 0 Å². The van der Waals surface area contributed by atoms with Crippen molar-refractivity contribution in [3.63, 3.8) is 0 Å². The number of allylic oxidation sites excluding steroid dienone is 1. The van der Waals surface area contributed by atoms with Crippen molar-refractivity contribution in [2.24, 2.45) is 0 Å². The molecule has 0 amide bonds. The molecule has 0 aliphatic carbocycles. The van der Waals surface area contributed by atoms with Crippen molar-refractivity contribution in [2.75, 3.05) is 6.61 Å². The number of ether oxygens (including phenoxy) is 1. The van der Waals surface area contributed by atoms with Crippen LogP contribution in [-0.4, -0.2) is 11.2 Å². The zero-order valence-electron chi connectivity index (χ0n) is 9.95. The number of hydrogen-bond donors (Lipinski definition) is 0. The fourth-order valence-electron chi connectivity index (χ4n) is 1.81. The van der Waals surface area contributed by atoms with Gasteiger partial charge in [-0.1, -0.05) is 29.4 Å². The Labute approximate surface area is 110 Å². The smallest absolute Gasteiger partial charge is 0.120 e. The van der Waals surface area contributed by atoms with Crippen molar-refractivity contribution >= 4 is 26.8 Å². The highest BCUT2D eigenvalue weighted by atomic mass is 79.9. The van der Waals surface area contributed by atoms with Crippen LogP contribution in [0.4, 0.5) is 0 Å². The standard InChI is InChI=1S/C14H16BrNO/c1-3-8-17-13-4-5-14-12(9-13)6-7-16(14)10-11(2)15/h4-7,9H,2-3,8,10H2,1H3. The van der Waals surface area contributed by atoms with E-state index in [1.54, 1.807) is 0 Å². The first-order valence-electron chi connectivity index (χ1n) is 5.75. The molecule has 2 nitrogen and oxygen atoms in total. The SMILES string of the molecule is C=C(Br)Cn1ccc2cc(OCCC)ccc21. The van der Waals surface area contributed by atoms with Gasteiger partial charge in [0.15, 0.2) is 0 Å². The minimum Gasteiger partial charge on any atom is -0.494 e. The molecule has 0 atom stereocenters. The number of hydrogen-bond acceptors (Lipinski definition) is 1. The van der Waals surface area contributed by atoms with Crippen molar-refractivity contribution in [3.05, 3.63) is 41.5 Å². The minimum atomic E-state index is 0.768. The molecular weight excluding hydrogens is 278 g/mol. The van der Waals surface area contributed by atoms with Crippen LogP contribution in [0.25, 0.3) is 10.9 Å². The van der Waals surface area contributed by atoms with Crippen molar-refractivity contribution in [1.29, 1.82) is 0 Å². The van der Waals surface area contributed by atoms with Crippen molar-refractivity contribution < 1.29 is 4.74 Å². The second kappa shape index (κ2) is 5.41. The minimum absolute atomic E-state index is 0.768. The van der Waals surface area contributed by atoms with E-state index in [9.17, 15) is 0 Å². The van der Waals surface area contributed by atoms with Crippen LogP contribution in [0.2, 0.25) is 0 Å². The number of rotatable bonds is 5. The number of aromatic nitrogens is 1. The van der Waals surface area contributed by atoms with E-state index in [0.29, 0.717) is 0 Å². The largest absolute Gasteiger partial charge is 0.494 e. The maximum Gasteiger partial charge on any atom is 0.120 e. The summed E-state index contributed by atoms with van der Waals surface area (Å²) < 4.78 is 8.75. The monoisotopic (exact) mass is 293 g/mol. The molecule has 0 bridgehead atoms. The summed E-state index contributed by atoms with van der Waals surface area (Å²) in [6.45, 7) is 7.53. The van der Waals surface area contributed by atoms with Gasteiger partial charge in [-0.3, -0.25) is 0 Å². The second-order valence-corrected chi connectivity index (χ2v) is 5.15. The van der Waals surface area contributed by atoms with Gasteiger partial charge in [-0.15, -0.1) is 0 Å². The molecule has 1 aromatic heterocycles. The van der Waals surface area contributed by atoms with E-state index in [-0.39, 0.29) is 0 Å². The summed E-state index contributed by atoms with van der Waals surface area (Å²) >= 11 is 3.39. The van der Waals surface area contributed by atoms with Crippen LogP contribution in [0.3, 0.4) is 0 Å². The molecule has 0 saturated heterocycles. The van der Waals surface area contributed by atoms with E-state index in [0.717, 1.165) is 29.8 Å². The molecule has 2 aromatic rings. The lowest BCUT2D eigenvalue weighted by molar-refractivity contribution is 0.318. The maximum absolute atomic E-state index is 5.62. The molecule has 2 rings (SSSR count). The van der Waals surface area contributed by atoms with Crippen molar-refractivity contribution in [1.82, 2.24) is 4.57 Å². The highest BCUT2D eigenvalue weighted by molar-refractivity contribution is 9.11. The molecule has 1 heterocycles. The summed E-state index contributed by atoms with van der Waals surface area (Å²) in [5, 5.41) is 1.20. The third kappa shape index (κ3) is 2.91. The van der Waals surface area contributed by atoms with Crippen LogP contribution in [0.1, 0.15) is 13.3 Å². The van der Waals surface area contributed by atoms with Crippen LogP contribution in [-0.2, 0) is 6.54 Å². The van der Waals surface area contributed by atoms with Gasteiger partial charge in [0.1, 0.15) is 5.75 Å². The molecule has 0 aliphatic rings. The Kier molecular flexibility index (Phi) is 3.89. The lowest BCUT2D eigenvalue weighted by Crippen LogP contribution is -1.96. The van der Waals surface area contributed by atoms with Crippen LogP contribution < -0.4 is 4.74 Å². The Morgan fingerprint density at radius 2 is 2.24 bits per heavy atom. The van der Waals surface area contributed by atoms with E-state index in [1.165, 1.54) is 10.9 Å². The molecule has 1 aromatic carbocycles. The van der Waals surface area contributed by atoms with Gasteiger partial charge in [0.05, 0.1) is 13.2 Å². The quantitative estimate of drug-likeness (QED) is 0.800. The molecule has 0 aliphatic heterocycles. The molecule has 0 N–H and O–H groups in total. The van der Waals surface area contributed by atoms with Crippen molar-refractivity contribution in [3.8, 4) is 5.75 Å². The molecule has 0 saturated carbocycles. The average Bonchev–Trinajstić information content (AvgIpc) is 2.68. The van der Waals surface area contributed by atoms with Gasteiger partial charge < -0.3 is 9.30 Å². The highest BCUT2D eigenvalue weighted by Crippen LogP contribution is 2.23. The predicted octanol–water partition coefficient (Wildman–Crippen LogP) is 4.34. The third-order valence-electron chi connectivity index (χ3n) is 2.56. The van der Waals surface area contributed by atoms with Gasteiger partial charge in [0, 0.05) is 21.6 Å². The highest BCUT2D eigenvalue weighted by Gasteiger charge is 2.03. The Bertz CT molecular complexity index is 530. The molecule has 90 valence electrons. The van der Waals surface area contributed by atoms with E-state index < -0.39 is 0 Å². The first kappa shape index (κ1) is 12.2. The number of benzene rings is 1. The summed E-state index contributed by atoms with van der Waals surface area (Å²) in [4.78, 5) is 0. The average molecular weight is 294 g/mol. The first-order valence-corrected chi connectivity index (χ1v) is 6.55. The Morgan fingerprint density at radius 3 is 2.94 bits per heavy atom. The molecule has 0 spiro atoms. The number of fused-ring (bicyclic) bond motifs is 1. The lowest BCUT2D eigenvalue weighted by atomic mass is 10.2. The fourth-order valence-corrected chi connectivity index (χ4v) is 2.08. The first-order chi connectivity index (χ1) is 8.20. The molecule has 3 heteroatoms. The van der Waals surface area contributed by atoms with Crippen LogP contribution in [0.15, 0.2) is 41.5 Å². The second-order valence-electron chi connectivity index (χ2n) is 4.03. The molecule has 0 fully saturated rings. The van der Waals surface area contributed by atoms with Gasteiger partial charge in [-0.25, -0.2) is 0 Å². The van der Waals surface area contributed by atoms with Crippen LogP contribution in [0.5, 0.6) is 5.75 Å². The summed E-state index contributed by atoms with van der Waals surface area (Å²) in [5.74, 6) is 0.940. The Morgan fingerprint density at radius 1 is 1.41 bits per heavy atom. The summed E-state index contributed by atoms with van der Waals surface area (Å²) in [7, 11) is 0. The van der Waals surface area contributed by atoms with E-state index in [1.807, 2.05) is 6.07 Å². The Hall–Kier alpha value is -1.22. The van der Waals surface area contributed by atoms with E-state index in [4.69, 9.17) is 4.74 Å². The molecule has 0 unspecified atom stereocenters. The summed E-state index contributed by atoms with van der Waals surface area (Å²) in [6, 6.07) is 8.30. The Balaban J connectivity index is 2.28. The number of halogens is 1. The van der Waals surface area contributed by atoms with Crippen molar-refractivity contribution in [2.45, 2.75) is 19.9 Å².